The van der Waals surface area contributed by atoms with Crippen LogP contribution in [0, 0.1) is 0 Å². The SMILES string of the molecule is CCOc1ccccc1[C@@H]1C(C(=O)O[C@@H](C)CC)=C(C)NC2=C1C(=O)C[C@@H](c1ccc(OC)c(OC)c1)C2. The maximum atomic E-state index is 13.9. The molecule has 0 bridgehead atoms. The van der Waals surface area contributed by atoms with E-state index in [0.717, 1.165) is 16.8 Å². The molecule has 1 heterocycles. The van der Waals surface area contributed by atoms with Crippen molar-refractivity contribution in [3.8, 4) is 17.2 Å². The van der Waals surface area contributed by atoms with Crippen LogP contribution in [-0.2, 0) is 14.3 Å². The first-order valence-corrected chi connectivity index (χ1v) is 13.2. The zero-order valence-electron chi connectivity index (χ0n) is 23.1. The number of Topliss-reactive ketones (excluding diaryl/α,β-unsaturated/α-hetero) is 1. The molecule has 38 heavy (non-hydrogen) atoms. The van der Waals surface area contributed by atoms with E-state index in [-0.39, 0.29) is 17.8 Å². The van der Waals surface area contributed by atoms with Crippen molar-refractivity contribution in [1.29, 1.82) is 0 Å². The van der Waals surface area contributed by atoms with Crippen LogP contribution >= 0.6 is 0 Å². The van der Waals surface area contributed by atoms with E-state index in [9.17, 15) is 9.59 Å². The third-order valence-corrected chi connectivity index (χ3v) is 7.34. The Morgan fingerprint density at radius 2 is 1.76 bits per heavy atom. The molecular weight excluding hydrogens is 482 g/mol. The Balaban J connectivity index is 1.80. The quantitative estimate of drug-likeness (QED) is 0.419. The van der Waals surface area contributed by atoms with E-state index < -0.39 is 11.9 Å². The summed E-state index contributed by atoms with van der Waals surface area (Å²) in [7, 11) is 3.20. The van der Waals surface area contributed by atoms with Crippen molar-refractivity contribution in [1.82, 2.24) is 5.32 Å². The van der Waals surface area contributed by atoms with Crippen LogP contribution in [0.5, 0.6) is 17.2 Å². The smallest absolute Gasteiger partial charge is 0.337 e. The standard InChI is InChI=1S/C31H37NO6/c1-7-18(3)38-31(34)28-19(4)32-23-15-21(20-13-14-26(35-5)27(17-20)36-6)16-24(33)30(23)29(28)22-11-9-10-12-25(22)37-8-2/h9-14,17-18,21,29,32H,7-8,15-16H2,1-6H3/t18-,21-,29+/m0/s1. The minimum absolute atomic E-state index is 0.00354. The Morgan fingerprint density at radius 3 is 2.45 bits per heavy atom. The second kappa shape index (κ2) is 11.8. The number of methoxy groups -OCH3 is 2. The molecule has 1 aliphatic carbocycles. The predicted molar refractivity (Wildman–Crippen MR) is 146 cm³/mol. The van der Waals surface area contributed by atoms with E-state index in [1.54, 1.807) is 14.2 Å². The van der Waals surface area contributed by atoms with Crippen LogP contribution in [0.3, 0.4) is 0 Å². The van der Waals surface area contributed by atoms with Crippen molar-refractivity contribution in [2.75, 3.05) is 20.8 Å². The number of ether oxygens (including phenoxy) is 4. The van der Waals surface area contributed by atoms with Crippen LogP contribution in [-0.4, -0.2) is 38.7 Å². The second-order valence-electron chi connectivity index (χ2n) is 9.73. The highest BCUT2D eigenvalue weighted by atomic mass is 16.5. The van der Waals surface area contributed by atoms with Crippen LogP contribution < -0.4 is 19.5 Å². The monoisotopic (exact) mass is 519 g/mol. The first-order chi connectivity index (χ1) is 18.3. The minimum atomic E-state index is -0.579. The Bertz CT molecular complexity index is 1280. The van der Waals surface area contributed by atoms with Crippen molar-refractivity contribution >= 4 is 11.8 Å². The predicted octanol–water partition coefficient (Wildman–Crippen LogP) is 5.81. The molecule has 4 rings (SSSR count). The molecule has 2 aromatic carbocycles. The first-order valence-electron chi connectivity index (χ1n) is 13.2. The molecule has 0 radical (unpaired) electrons. The van der Waals surface area contributed by atoms with Gasteiger partial charge in [0.1, 0.15) is 5.75 Å². The van der Waals surface area contributed by atoms with Gasteiger partial charge in [0.2, 0.25) is 0 Å². The fourth-order valence-corrected chi connectivity index (χ4v) is 5.30. The fourth-order valence-electron chi connectivity index (χ4n) is 5.30. The Hall–Kier alpha value is -3.74. The third kappa shape index (κ3) is 5.28. The van der Waals surface area contributed by atoms with Crippen LogP contribution in [0.4, 0.5) is 0 Å². The molecule has 1 aliphatic heterocycles. The van der Waals surface area contributed by atoms with Crippen LogP contribution in [0.15, 0.2) is 65.0 Å². The summed E-state index contributed by atoms with van der Waals surface area (Å²) in [4.78, 5) is 27.4. The lowest BCUT2D eigenvalue weighted by Crippen LogP contribution is -2.36. The van der Waals surface area contributed by atoms with Gasteiger partial charge in [-0.1, -0.05) is 31.2 Å². The molecule has 7 nitrogen and oxygen atoms in total. The highest BCUT2D eigenvalue weighted by Gasteiger charge is 2.42. The maximum absolute atomic E-state index is 13.9. The molecule has 0 spiro atoms. The third-order valence-electron chi connectivity index (χ3n) is 7.34. The summed E-state index contributed by atoms with van der Waals surface area (Å²) in [6.07, 6.45) is 1.40. The van der Waals surface area contributed by atoms with Gasteiger partial charge in [-0.05, 0) is 63.3 Å². The number of hydrogen-bond donors (Lipinski definition) is 1. The van der Waals surface area contributed by atoms with E-state index in [1.807, 2.05) is 70.2 Å². The number of hydrogen-bond acceptors (Lipinski definition) is 7. The number of ketones is 1. The van der Waals surface area contributed by atoms with Gasteiger partial charge in [0, 0.05) is 29.0 Å². The average molecular weight is 520 g/mol. The van der Waals surface area contributed by atoms with E-state index in [1.165, 1.54) is 0 Å². The lowest BCUT2D eigenvalue weighted by atomic mass is 9.71. The molecular formula is C31H37NO6. The summed E-state index contributed by atoms with van der Waals surface area (Å²) in [6, 6.07) is 13.4. The van der Waals surface area contributed by atoms with E-state index >= 15 is 0 Å². The van der Waals surface area contributed by atoms with E-state index in [0.29, 0.717) is 60.0 Å². The summed E-state index contributed by atoms with van der Waals surface area (Å²) >= 11 is 0. The summed E-state index contributed by atoms with van der Waals surface area (Å²) in [5, 5.41) is 3.41. The molecule has 2 aliphatic rings. The van der Waals surface area contributed by atoms with Gasteiger partial charge in [-0.25, -0.2) is 4.79 Å². The van der Waals surface area contributed by atoms with Crippen LogP contribution in [0.1, 0.15) is 69.9 Å². The van der Waals surface area contributed by atoms with Gasteiger partial charge in [-0.15, -0.1) is 0 Å². The number of rotatable bonds is 9. The number of allylic oxidation sites excluding steroid dienone is 3. The number of benzene rings is 2. The van der Waals surface area contributed by atoms with Crippen molar-refractivity contribution in [3.63, 3.8) is 0 Å². The zero-order chi connectivity index (χ0) is 27.4. The van der Waals surface area contributed by atoms with Gasteiger partial charge in [0.15, 0.2) is 17.3 Å². The van der Waals surface area contributed by atoms with E-state index in [4.69, 9.17) is 18.9 Å². The number of carbonyl (C=O) groups is 2. The maximum Gasteiger partial charge on any atom is 0.337 e. The molecule has 3 atom stereocenters. The van der Waals surface area contributed by atoms with Gasteiger partial charge in [-0.3, -0.25) is 4.79 Å². The summed E-state index contributed by atoms with van der Waals surface area (Å²) in [6.45, 7) is 8.11. The Labute approximate surface area is 224 Å². The Morgan fingerprint density at radius 1 is 1.03 bits per heavy atom. The van der Waals surface area contributed by atoms with Gasteiger partial charge in [0.25, 0.3) is 0 Å². The lowest BCUT2D eigenvalue weighted by molar-refractivity contribution is -0.144. The number of nitrogens with one attached hydrogen (secondary N) is 1. The van der Waals surface area contributed by atoms with Crippen molar-refractivity contribution in [2.24, 2.45) is 0 Å². The van der Waals surface area contributed by atoms with Gasteiger partial charge in [-0.2, -0.15) is 0 Å². The summed E-state index contributed by atoms with van der Waals surface area (Å²) in [5.74, 6) is 0.888. The normalized spacial score (nSPS) is 19.9. The van der Waals surface area contributed by atoms with Crippen molar-refractivity contribution in [2.45, 2.75) is 64.9 Å². The average Bonchev–Trinajstić information content (AvgIpc) is 2.92. The molecule has 0 saturated heterocycles. The second-order valence-corrected chi connectivity index (χ2v) is 9.73. The Kier molecular flexibility index (Phi) is 8.45. The molecule has 0 saturated carbocycles. The largest absolute Gasteiger partial charge is 0.494 e. The number of para-hydroxylation sites is 1. The summed E-state index contributed by atoms with van der Waals surface area (Å²) < 4.78 is 22.6. The molecule has 2 aromatic rings. The van der Waals surface area contributed by atoms with Gasteiger partial charge in [0.05, 0.1) is 38.4 Å². The highest BCUT2D eigenvalue weighted by Crippen LogP contribution is 2.48. The number of carbonyl (C=O) groups excluding carboxylic acids is 2. The van der Waals surface area contributed by atoms with Gasteiger partial charge < -0.3 is 24.3 Å². The molecule has 0 fully saturated rings. The molecule has 202 valence electrons. The van der Waals surface area contributed by atoms with E-state index in [2.05, 4.69) is 5.32 Å². The molecule has 1 N–H and O–H groups in total. The molecule has 0 aromatic heterocycles. The zero-order valence-corrected chi connectivity index (χ0v) is 23.1. The highest BCUT2D eigenvalue weighted by molar-refractivity contribution is 6.04. The number of dihydropyridines is 1. The summed E-state index contributed by atoms with van der Waals surface area (Å²) in [5.41, 5.74) is 4.37. The van der Waals surface area contributed by atoms with Gasteiger partial charge >= 0.3 is 5.97 Å². The molecule has 0 unspecified atom stereocenters. The van der Waals surface area contributed by atoms with Crippen LogP contribution in [0.25, 0.3) is 0 Å². The van der Waals surface area contributed by atoms with Crippen molar-refractivity contribution in [3.05, 3.63) is 76.1 Å². The minimum Gasteiger partial charge on any atom is -0.494 e. The van der Waals surface area contributed by atoms with Crippen molar-refractivity contribution < 1.29 is 28.5 Å². The van der Waals surface area contributed by atoms with Crippen LogP contribution in [0.2, 0.25) is 0 Å². The topological polar surface area (TPSA) is 83.1 Å². The molecule has 7 heteroatoms. The molecule has 0 amide bonds. The fraction of sp³-hybridized carbons (Fsp3) is 0.419. The first kappa shape index (κ1) is 27.3. The lowest BCUT2D eigenvalue weighted by Gasteiger charge is -2.37. The number of esters is 1.